The third kappa shape index (κ3) is 3.77. The molecule has 0 aliphatic rings. The summed E-state index contributed by atoms with van der Waals surface area (Å²) in [6.45, 7) is 1.94. The van der Waals surface area contributed by atoms with Gasteiger partial charge >= 0.3 is 0 Å². The quantitative estimate of drug-likeness (QED) is 0.756. The first-order valence-corrected chi connectivity index (χ1v) is 4.69. The summed E-state index contributed by atoms with van der Waals surface area (Å²) in [5.74, 6) is -0.0664. The fourth-order valence-corrected chi connectivity index (χ4v) is 1.16. The monoisotopic (exact) mass is 203 g/mol. The molecule has 0 atom stereocenters. The number of nitrogens with one attached hydrogen (secondary N) is 1. The average molecular weight is 203 g/mol. The molecule has 78 valence electrons. The molecule has 0 radical (unpaired) electrons. The van der Waals surface area contributed by atoms with Crippen molar-refractivity contribution in [3.63, 3.8) is 0 Å². The minimum atomic E-state index is -0.0664. The number of hydrogen-bond donors (Lipinski definition) is 1. The zero-order chi connectivity index (χ0) is 11.1. The Kier molecular flexibility index (Phi) is 4.29. The summed E-state index contributed by atoms with van der Waals surface area (Å²) >= 11 is 0. The molecule has 3 heteroatoms. The van der Waals surface area contributed by atoms with Crippen molar-refractivity contribution in [2.24, 2.45) is 0 Å². The van der Waals surface area contributed by atoms with Crippen molar-refractivity contribution in [2.45, 2.75) is 6.92 Å². The molecule has 0 aliphatic heterocycles. The highest BCUT2D eigenvalue weighted by Gasteiger charge is 1.94. The molecule has 0 bridgehead atoms. The van der Waals surface area contributed by atoms with E-state index >= 15 is 0 Å². The molecule has 0 fully saturated rings. The van der Waals surface area contributed by atoms with Crippen LogP contribution in [-0.4, -0.2) is 18.7 Å². The van der Waals surface area contributed by atoms with Crippen LogP contribution >= 0.6 is 0 Å². The molecule has 1 N–H and O–H groups in total. The minimum absolute atomic E-state index is 0.0664. The van der Waals surface area contributed by atoms with Gasteiger partial charge in [-0.2, -0.15) is 0 Å². The summed E-state index contributed by atoms with van der Waals surface area (Å²) in [6, 6.07) is 7.29. The second kappa shape index (κ2) is 5.75. The van der Waals surface area contributed by atoms with Crippen LogP contribution in [0.5, 0.6) is 0 Å². The van der Waals surface area contributed by atoms with Crippen molar-refractivity contribution in [1.29, 1.82) is 0 Å². The largest absolute Gasteiger partial charge is 0.353 e. The van der Waals surface area contributed by atoms with Crippen LogP contribution in [0.3, 0.4) is 0 Å². The second-order valence-electron chi connectivity index (χ2n) is 3.09. The van der Waals surface area contributed by atoms with Gasteiger partial charge in [-0.1, -0.05) is 36.4 Å². The van der Waals surface area contributed by atoms with Gasteiger partial charge in [0.15, 0.2) is 6.29 Å². The van der Waals surface area contributed by atoms with Gasteiger partial charge in [0, 0.05) is 19.0 Å². The lowest BCUT2D eigenvalue weighted by Crippen LogP contribution is -2.19. The molecular weight excluding hydrogens is 190 g/mol. The fraction of sp³-hybridized carbons (Fsp3) is 0.167. The Bertz CT molecular complexity index is 383. The molecule has 0 aromatic heterocycles. The number of hydrogen-bond acceptors (Lipinski definition) is 2. The molecule has 0 unspecified atom stereocenters. The Balaban J connectivity index is 2.63. The van der Waals surface area contributed by atoms with E-state index in [4.69, 9.17) is 0 Å². The van der Waals surface area contributed by atoms with Crippen molar-refractivity contribution in [2.75, 3.05) is 6.54 Å². The minimum Gasteiger partial charge on any atom is -0.353 e. The summed E-state index contributed by atoms with van der Waals surface area (Å²) in [7, 11) is 0. The van der Waals surface area contributed by atoms with Gasteiger partial charge in [0.1, 0.15) is 0 Å². The van der Waals surface area contributed by atoms with Crippen molar-refractivity contribution < 1.29 is 9.59 Å². The average Bonchev–Trinajstić information content (AvgIpc) is 2.24. The molecule has 0 spiro atoms. The smallest absolute Gasteiger partial charge is 0.217 e. The third-order valence-electron chi connectivity index (χ3n) is 1.89. The topological polar surface area (TPSA) is 46.2 Å². The highest BCUT2D eigenvalue weighted by molar-refractivity contribution is 5.81. The molecule has 0 saturated carbocycles. The number of carbonyl (C=O) groups excluding carboxylic acids is 2. The van der Waals surface area contributed by atoms with E-state index in [9.17, 15) is 9.59 Å². The highest BCUT2D eigenvalue weighted by Crippen LogP contribution is 2.07. The molecule has 1 amide bonds. The Morgan fingerprint density at radius 3 is 2.60 bits per heavy atom. The Morgan fingerprint density at radius 1 is 1.33 bits per heavy atom. The number of carbonyl (C=O) groups is 2. The van der Waals surface area contributed by atoms with E-state index in [0.717, 1.165) is 11.8 Å². The van der Waals surface area contributed by atoms with E-state index in [2.05, 4.69) is 5.32 Å². The Hall–Kier alpha value is -1.90. The first kappa shape index (κ1) is 11.2. The fourth-order valence-electron chi connectivity index (χ4n) is 1.16. The molecule has 1 rings (SSSR count). The summed E-state index contributed by atoms with van der Waals surface area (Å²) in [5.41, 5.74) is 1.51. The summed E-state index contributed by atoms with van der Waals surface area (Å²) in [5, 5.41) is 2.64. The van der Waals surface area contributed by atoms with Crippen LogP contribution in [0.1, 0.15) is 22.8 Å². The zero-order valence-electron chi connectivity index (χ0n) is 8.57. The zero-order valence-corrected chi connectivity index (χ0v) is 8.57. The highest BCUT2D eigenvalue weighted by atomic mass is 16.1. The summed E-state index contributed by atoms with van der Waals surface area (Å²) in [6.07, 6.45) is 4.45. The maximum absolute atomic E-state index is 10.7. The van der Waals surface area contributed by atoms with Crippen LogP contribution in [0.4, 0.5) is 0 Å². The van der Waals surface area contributed by atoms with Crippen LogP contribution in [0.2, 0.25) is 0 Å². The maximum atomic E-state index is 10.7. The van der Waals surface area contributed by atoms with Crippen LogP contribution < -0.4 is 5.32 Å². The van der Waals surface area contributed by atoms with Gasteiger partial charge in [0.05, 0.1) is 0 Å². The van der Waals surface area contributed by atoms with E-state index in [0.29, 0.717) is 12.1 Å². The molecular formula is C12H13NO2. The molecule has 0 heterocycles. The molecule has 1 aromatic rings. The van der Waals surface area contributed by atoms with E-state index in [1.54, 1.807) is 6.07 Å². The van der Waals surface area contributed by atoms with Crippen molar-refractivity contribution in [1.82, 2.24) is 5.32 Å². The molecule has 3 nitrogen and oxygen atoms in total. The van der Waals surface area contributed by atoms with Gasteiger partial charge in [-0.05, 0) is 5.56 Å². The SMILES string of the molecule is CC(=O)NCC=Cc1ccccc1C=O. The van der Waals surface area contributed by atoms with Gasteiger partial charge in [-0.25, -0.2) is 0 Å². The van der Waals surface area contributed by atoms with Crippen LogP contribution in [0, 0.1) is 0 Å². The van der Waals surface area contributed by atoms with E-state index < -0.39 is 0 Å². The Morgan fingerprint density at radius 2 is 2.00 bits per heavy atom. The molecule has 0 saturated heterocycles. The van der Waals surface area contributed by atoms with Gasteiger partial charge in [0.25, 0.3) is 0 Å². The molecule has 1 aromatic carbocycles. The van der Waals surface area contributed by atoms with Gasteiger partial charge in [0.2, 0.25) is 5.91 Å². The van der Waals surface area contributed by atoms with Crippen LogP contribution in [-0.2, 0) is 4.79 Å². The number of benzene rings is 1. The van der Waals surface area contributed by atoms with E-state index in [1.165, 1.54) is 6.92 Å². The Labute approximate surface area is 88.8 Å². The number of amides is 1. The van der Waals surface area contributed by atoms with E-state index in [-0.39, 0.29) is 5.91 Å². The standard InChI is InChI=1S/C12H13NO2/c1-10(15)13-8-4-7-11-5-2-3-6-12(11)9-14/h2-7,9H,8H2,1H3,(H,13,15). The third-order valence-corrected chi connectivity index (χ3v) is 1.89. The van der Waals surface area contributed by atoms with Crippen LogP contribution in [0.15, 0.2) is 30.3 Å². The summed E-state index contributed by atoms with van der Waals surface area (Å²) < 4.78 is 0. The lowest BCUT2D eigenvalue weighted by molar-refractivity contribution is -0.118. The van der Waals surface area contributed by atoms with Crippen molar-refractivity contribution in [3.8, 4) is 0 Å². The lowest BCUT2D eigenvalue weighted by Gasteiger charge is -1.98. The van der Waals surface area contributed by atoms with Crippen molar-refractivity contribution >= 4 is 18.3 Å². The lowest BCUT2D eigenvalue weighted by atomic mass is 10.1. The number of rotatable bonds is 4. The van der Waals surface area contributed by atoms with Gasteiger partial charge < -0.3 is 5.32 Å². The van der Waals surface area contributed by atoms with Crippen LogP contribution in [0.25, 0.3) is 6.08 Å². The first-order chi connectivity index (χ1) is 7.24. The van der Waals surface area contributed by atoms with Gasteiger partial charge in [-0.3, -0.25) is 9.59 Å². The van der Waals surface area contributed by atoms with Crippen molar-refractivity contribution in [3.05, 3.63) is 41.5 Å². The predicted molar refractivity (Wildman–Crippen MR) is 59.5 cm³/mol. The van der Waals surface area contributed by atoms with E-state index in [1.807, 2.05) is 30.4 Å². The first-order valence-electron chi connectivity index (χ1n) is 4.69. The maximum Gasteiger partial charge on any atom is 0.217 e. The summed E-state index contributed by atoms with van der Waals surface area (Å²) in [4.78, 5) is 21.2. The molecule has 0 aliphatic carbocycles. The second-order valence-corrected chi connectivity index (χ2v) is 3.09. The molecule has 15 heavy (non-hydrogen) atoms. The normalized spacial score (nSPS) is 10.2. The van der Waals surface area contributed by atoms with Gasteiger partial charge in [-0.15, -0.1) is 0 Å². The number of aldehydes is 1. The predicted octanol–water partition coefficient (Wildman–Crippen LogP) is 1.65.